The maximum Gasteiger partial charge on any atom is -0.0228 e. The minimum absolute atomic E-state index is 0.957. The van der Waals surface area contributed by atoms with E-state index < -0.39 is 0 Å². The zero-order valence-electron chi connectivity index (χ0n) is 6.01. The largest absolute Gasteiger partial charge is 0.0914 e. The molecule has 0 spiro atoms. The molecule has 2 saturated carbocycles. The molecule has 0 N–H and O–H groups in total. The first-order valence-electron chi connectivity index (χ1n) is 4.03. The van der Waals surface area contributed by atoms with Gasteiger partial charge in [-0.25, -0.2) is 0 Å². The van der Waals surface area contributed by atoms with Gasteiger partial charge in [0.05, 0.1) is 0 Å². The van der Waals surface area contributed by atoms with Gasteiger partial charge < -0.3 is 0 Å². The minimum Gasteiger partial charge on any atom is -0.0914 e. The Bertz CT molecular complexity index is 125. The summed E-state index contributed by atoms with van der Waals surface area (Å²) in [6.45, 7) is 2.13. The third-order valence-corrected chi connectivity index (χ3v) is 2.74. The zero-order chi connectivity index (χ0) is 6.27. The van der Waals surface area contributed by atoms with E-state index in [1.165, 1.54) is 12.8 Å². The highest BCUT2D eigenvalue weighted by atomic mass is 14.5. The van der Waals surface area contributed by atoms with Crippen molar-refractivity contribution in [2.45, 2.75) is 26.2 Å². The van der Waals surface area contributed by atoms with Crippen LogP contribution in [0.4, 0.5) is 0 Å². The smallest absolute Gasteiger partial charge is 0.0228 e. The molecule has 0 aromatic carbocycles. The highest BCUT2D eigenvalue weighted by Crippen LogP contribution is 2.54. The van der Waals surface area contributed by atoms with Crippen molar-refractivity contribution in [3.05, 3.63) is 12.2 Å². The molecule has 0 aliphatic heterocycles. The Morgan fingerprint density at radius 3 is 2.33 bits per heavy atom. The van der Waals surface area contributed by atoms with Gasteiger partial charge in [0.2, 0.25) is 0 Å². The number of hydrogen-bond acceptors (Lipinski definition) is 0. The van der Waals surface area contributed by atoms with E-state index >= 15 is 0 Å². The van der Waals surface area contributed by atoms with Gasteiger partial charge in [-0.3, -0.25) is 0 Å². The van der Waals surface area contributed by atoms with Gasteiger partial charge in [0.15, 0.2) is 0 Å². The van der Waals surface area contributed by atoms with Crippen molar-refractivity contribution in [1.82, 2.24) is 0 Å². The third-order valence-electron chi connectivity index (χ3n) is 2.74. The van der Waals surface area contributed by atoms with Gasteiger partial charge in [0, 0.05) is 0 Å². The lowest BCUT2D eigenvalue weighted by atomic mass is 10.0. The van der Waals surface area contributed by atoms with E-state index in [9.17, 15) is 0 Å². The molecular weight excluding hydrogens is 108 g/mol. The van der Waals surface area contributed by atoms with Crippen LogP contribution >= 0.6 is 0 Å². The SMILES string of the molecule is CC=CC1CC2CC2C1. The molecule has 0 radical (unpaired) electrons. The van der Waals surface area contributed by atoms with Crippen molar-refractivity contribution in [3.63, 3.8) is 0 Å². The van der Waals surface area contributed by atoms with Crippen LogP contribution in [0, 0.1) is 17.8 Å². The van der Waals surface area contributed by atoms with E-state index in [4.69, 9.17) is 0 Å². The molecule has 0 saturated heterocycles. The van der Waals surface area contributed by atoms with Gasteiger partial charge in [0.25, 0.3) is 0 Å². The second-order valence-corrected chi connectivity index (χ2v) is 3.51. The third kappa shape index (κ3) is 0.910. The average molecular weight is 122 g/mol. The van der Waals surface area contributed by atoms with Gasteiger partial charge in [-0.1, -0.05) is 12.2 Å². The molecule has 2 unspecified atom stereocenters. The molecule has 0 amide bonds. The molecule has 0 nitrogen and oxygen atoms in total. The molecule has 9 heavy (non-hydrogen) atoms. The molecular formula is C9H14. The molecule has 2 rings (SSSR count). The normalized spacial score (nSPS) is 47.9. The van der Waals surface area contributed by atoms with Crippen molar-refractivity contribution in [2.24, 2.45) is 17.8 Å². The van der Waals surface area contributed by atoms with Crippen LogP contribution in [0.5, 0.6) is 0 Å². The van der Waals surface area contributed by atoms with Gasteiger partial charge in [-0.15, -0.1) is 0 Å². The first-order chi connectivity index (χ1) is 4.40. The summed E-state index contributed by atoms with van der Waals surface area (Å²) in [5.74, 6) is 3.25. The van der Waals surface area contributed by atoms with Crippen LogP contribution in [-0.2, 0) is 0 Å². The van der Waals surface area contributed by atoms with Gasteiger partial charge in [-0.2, -0.15) is 0 Å². The molecule has 2 atom stereocenters. The van der Waals surface area contributed by atoms with Gasteiger partial charge >= 0.3 is 0 Å². The lowest BCUT2D eigenvalue weighted by Crippen LogP contribution is -1.89. The average Bonchev–Trinajstić information content (AvgIpc) is 2.42. The van der Waals surface area contributed by atoms with Crippen LogP contribution in [0.25, 0.3) is 0 Å². The van der Waals surface area contributed by atoms with Gasteiger partial charge in [-0.05, 0) is 43.9 Å². The van der Waals surface area contributed by atoms with E-state index in [0.29, 0.717) is 0 Å². The molecule has 0 heterocycles. The minimum atomic E-state index is 0.957. The lowest BCUT2D eigenvalue weighted by molar-refractivity contribution is 0.591. The Kier molecular flexibility index (Phi) is 1.14. The molecule has 2 aliphatic carbocycles. The van der Waals surface area contributed by atoms with Crippen molar-refractivity contribution >= 4 is 0 Å². The van der Waals surface area contributed by atoms with Crippen LogP contribution in [0.3, 0.4) is 0 Å². The fourth-order valence-electron chi connectivity index (χ4n) is 2.19. The summed E-state index contributed by atoms with van der Waals surface area (Å²) < 4.78 is 0. The molecule has 50 valence electrons. The molecule has 0 heteroatoms. The second kappa shape index (κ2) is 1.86. The Morgan fingerprint density at radius 1 is 1.11 bits per heavy atom. The summed E-state index contributed by atoms with van der Waals surface area (Å²) in [6, 6.07) is 0. The van der Waals surface area contributed by atoms with Crippen molar-refractivity contribution < 1.29 is 0 Å². The van der Waals surface area contributed by atoms with Crippen LogP contribution < -0.4 is 0 Å². The maximum absolute atomic E-state index is 2.38. The number of rotatable bonds is 1. The van der Waals surface area contributed by atoms with E-state index in [2.05, 4.69) is 19.1 Å². The molecule has 0 aromatic heterocycles. The fourth-order valence-corrected chi connectivity index (χ4v) is 2.19. The summed E-state index contributed by atoms with van der Waals surface area (Å²) in [4.78, 5) is 0. The summed E-state index contributed by atoms with van der Waals surface area (Å²) in [6.07, 6.45) is 9.12. The van der Waals surface area contributed by atoms with Crippen molar-refractivity contribution in [2.75, 3.05) is 0 Å². The van der Waals surface area contributed by atoms with Crippen molar-refractivity contribution in [3.8, 4) is 0 Å². The summed E-state index contributed by atoms with van der Waals surface area (Å²) in [5.41, 5.74) is 0. The Balaban J connectivity index is 1.90. The predicted octanol–water partition coefficient (Wildman–Crippen LogP) is 2.61. The Hall–Kier alpha value is -0.260. The quantitative estimate of drug-likeness (QED) is 0.469. The summed E-state index contributed by atoms with van der Waals surface area (Å²) in [7, 11) is 0. The van der Waals surface area contributed by atoms with Crippen molar-refractivity contribution in [1.29, 1.82) is 0 Å². The predicted molar refractivity (Wildman–Crippen MR) is 39.1 cm³/mol. The standard InChI is InChI=1S/C9H14/c1-2-3-7-4-8-6-9(8)5-7/h2-3,7-9H,4-6H2,1H3. The van der Waals surface area contributed by atoms with Crippen LogP contribution in [0.2, 0.25) is 0 Å². The maximum atomic E-state index is 2.38. The second-order valence-electron chi connectivity index (χ2n) is 3.51. The van der Waals surface area contributed by atoms with Crippen LogP contribution in [-0.4, -0.2) is 0 Å². The van der Waals surface area contributed by atoms with Crippen LogP contribution in [0.1, 0.15) is 26.2 Å². The summed E-state index contributed by atoms with van der Waals surface area (Å²) >= 11 is 0. The van der Waals surface area contributed by atoms with Crippen LogP contribution in [0.15, 0.2) is 12.2 Å². The Labute approximate surface area is 57.0 Å². The molecule has 2 aliphatic rings. The highest BCUT2D eigenvalue weighted by Gasteiger charge is 2.44. The number of fused-ring (bicyclic) bond motifs is 1. The highest BCUT2D eigenvalue weighted by molar-refractivity contribution is 5.02. The molecule has 0 bridgehead atoms. The Morgan fingerprint density at radius 2 is 1.78 bits per heavy atom. The fraction of sp³-hybridized carbons (Fsp3) is 0.778. The van der Waals surface area contributed by atoms with E-state index in [-0.39, 0.29) is 0 Å². The van der Waals surface area contributed by atoms with E-state index in [1.54, 1.807) is 6.42 Å². The summed E-state index contributed by atoms with van der Waals surface area (Å²) in [5, 5.41) is 0. The first-order valence-corrected chi connectivity index (χ1v) is 4.03. The topological polar surface area (TPSA) is 0 Å². The lowest BCUT2D eigenvalue weighted by Gasteiger charge is -2.02. The zero-order valence-corrected chi connectivity index (χ0v) is 6.01. The first kappa shape index (κ1) is 5.52. The van der Waals surface area contributed by atoms with Gasteiger partial charge in [0.1, 0.15) is 0 Å². The number of allylic oxidation sites excluding steroid dienone is 2. The molecule has 2 fully saturated rings. The monoisotopic (exact) mass is 122 g/mol. The number of hydrogen-bond donors (Lipinski definition) is 0. The van der Waals surface area contributed by atoms with E-state index in [1.807, 2.05) is 0 Å². The van der Waals surface area contributed by atoms with E-state index in [0.717, 1.165) is 17.8 Å². The molecule has 0 aromatic rings.